The summed E-state index contributed by atoms with van der Waals surface area (Å²) in [5.41, 5.74) is 4.70. The number of urea groups is 1. The quantitative estimate of drug-likeness (QED) is 0.555. The molecule has 198 valence electrons. The van der Waals surface area contributed by atoms with E-state index in [9.17, 15) is 13.2 Å². The molecule has 0 bridgehead atoms. The molecule has 2 N–H and O–H groups in total. The number of aromatic nitrogens is 1. The van der Waals surface area contributed by atoms with Crippen LogP contribution in [0.2, 0.25) is 0 Å². The van der Waals surface area contributed by atoms with Crippen molar-refractivity contribution in [1.82, 2.24) is 19.5 Å². The van der Waals surface area contributed by atoms with Crippen LogP contribution < -0.4 is 15.4 Å². The van der Waals surface area contributed by atoms with E-state index in [2.05, 4.69) is 20.5 Å². The Bertz CT molecular complexity index is 1190. The first kappa shape index (κ1) is 27.9. The van der Waals surface area contributed by atoms with Gasteiger partial charge in [-0.25, -0.2) is 13.2 Å². The van der Waals surface area contributed by atoms with E-state index in [1.165, 1.54) is 4.31 Å². The molecular formula is C26H39N5O4S. The smallest absolute Gasteiger partial charge is 0.319 e. The van der Waals surface area contributed by atoms with Crippen LogP contribution in [0.3, 0.4) is 0 Å². The maximum atomic E-state index is 13.6. The second kappa shape index (κ2) is 11.6. The number of aryl methyl sites for hydroxylation is 3. The zero-order chi connectivity index (χ0) is 26.6. The van der Waals surface area contributed by atoms with Crippen molar-refractivity contribution in [2.24, 2.45) is 0 Å². The van der Waals surface area contributed by atoms with Gasteiger partial charge < -0.3 is 20.3 Å². The summed E-state index contributed by atoms with van der Waals surface area (Å²) in [5, 5.41) is 5.74. The Morgan fingerprint density at radius 3 is 2.28 bits per heavy atom. The number of hydrogen-bond donors (Lipinski definition) is 2. The average molecular weight is 518 g/mol. The topological polar surface area (TPSA) is 104 Å². The van der Waals surface area contributed by atoms with E-state index in [0.717, 1.165) is 54.1 Å². The second-order valence-corrected chi connectivity index (χ2v) is 11.5. The fourth-order valence-corrected chi connectivity index (χ4v) is 6.78. The highest BCUT2D eigenvalue weighted by atomic mass is 32.2. The standard InChI is InChI=1S/C26H39N5O4S/c1-17-14-24(35-7)20(4)21(5)25(17)36(33,34)30(6)23-8-11-31(12-9-23)13-10-27-26(32)29-22-15-18(2)28-19(3)16-22/h14-16,23H,8-13H2,1-7H3,(H2,27,28,29,32). The molecule has 1 aromatic carbocycles. The number of sulfonamides is 1. The van der Waals surface area contributed by atoms with Gasteiger partial charge in [-0.2, -0.15) is 4.31 Å². The third-order valence-electron chi connectivity index (χ3n) is 6.96. The van der Waals surface area contributed by atoms with E-state index in [1.807, 2.05) is 46.8 Å². The molecule has 1 saturated heterocycles. The van der Waals surface area contributed by atoms with Gasteiger partial charge in [0.05, 0.1) is 12.0 Å². The highest BCUT2D eigenvalue weighted by Gasteiger charge is 2.33. The molecule has 2 amide bonds. The van der Waals surface area contributed by atoms with Crippen LogP contribution >= 0.6 is 0 Å². The molecule has 0 atom stereocenters. The van der Waals surface area contributed by atoms with E-state index in [-0.39, 0.29) is 12.1 Å². The average Bonchev–Trinajstić information content (AvgIpc) is 2.80. The molecule has 2 aromatic rings. The van der Waals surface area contributed by atoms with Crippen LogP contribution in [0, 0.1) is 34.6 Å². The predicted octanol–water partition coefficient (Wildman–Crippen LogP) is 3.54. The maximum absolute atomic E-state index is 13.6. The van der Waals surface area contributed by atoms with Gasteiger partial charge in [-0.3, -0.25) is 4.98 Å². The molecule has 1 aliphatic rings. The number of pyridine rings is 1. The second-order valence-electron chi connectivity index (χ2n) is 9.59. The van der Waals surface area contributed by atoms with Crippen molar-refractivity contribution in [1.29, 1.82) is 0 Å². The van der Waals surface area contributed by atoms with Crippen molar-refractivity contribution < 1.29 is 17.9 Å². The van der Waals surface area contributed by atoms with Gasteiger partial charge in [0.2, 0.25) is 10.0 Å². The first-order chi connectivity index (χ1) is 16.9. The molecule has 1 aliphatic heterocycles. The normalized spacial score (nSPS) is 15.2. The summed E-state index contributed by atoms with van der Waals surface area (Å²) in [6, 6.07) is 5.14. The Balaban J connectivity index is 1.52. The number of rotatable bonds is 8. The van der Waals surface area contributed by atoms with E-state index in [1.54, 1.807) is 20.2 Å². The van der Waals surface area contributed by atoms with Gasteiger partial charge in [0, 0.05) is 43.3 Å². The minimum Gasteiger partial charge on any atom is -0.496 e. The number of ether oxygens (including phenoxy) is 1. The summed E-state index contributed by atoms with van der Waals surface area (Å²) in [7, 11) is -0.359. The molecule has 36 heavy (non-hydrogen) atoms. The maximum Gasteiger partial charge on any atom is 0.319 e. The number of hydrogen-bond acceptors (Lipinski definition) is 6. The van der Waals surface area contributed by atoms with Gasteiger partial charge in [0.25, 0.3) is 0 Å². The van der Waals surface area contributed by atoms with Crippen LogP contribution in [0.25, 0.3) is 0 Å². The summed E-state index contributed by atoms with van der Waals surface area (Å²) >= 11 is 0. The molecule has 1 fully saturated rings. The first-order valence-corrected chi connectivity index (χ1v) is 13.7. The Kier molecular flexibility index (Phi) is 8.97. The summed E-state index contributed by atoms with van der Waals surface area (Å²) in [6.07, 6.45) is 1.48. The molecule has 3 rings (SSSR count). The third-order valence-corrected chi connectivity index (χ3v) is 9.16. The molecule has 0 spiro atoms. The van der Waals surface area contributed by atoms with E-state index in [0.29, 0.717) is 29.3 Å². The number of piperidine rings is 1. The number of nitrogens with one attached hydrogen (secondary N) is 2. The van der Waals surface area contributed by atoms with Crippen molar-refractivity contribution in [2.75, 3.05) is 45.7 Å². The number of carbonyl (C=O) groups is 1. The predicted molar refractivity (Wildman–Crippen MR) is 142 cm³/mol. The van der Waals surface area contributed by atoms with Crippen LogP contribution in [0.15, 0.2) is 23.1 Å². The number of likely N-dealkylation sites (tertiary alicyclic amines) is 1. The van der Waals surface area contributed by atoms with Crippen molar-refractivity contribution in [2.45, 2.75) is 58.4 Å². The van der Waals surface area contributed by atoms with Crippen LogP contribution in [-0.4, -0.2) is 75.0 Å². The van der Waals surface area contributed by atoms with Gasteiger partial charge in [-0.05, 0) is 95.4 Å². The Morgan fingerprint density at radius 2 is 1.69 bits per heavy atom. The first-order valence-electron chi connectivity index (χ1n) is 12.3. The van der Waals surface area contributed by atoms with Crippen LogP contribution in [-0.2, 0) is 10.0 Å². The molecular weight excluding hydrogens is 478 g/mol. The summed E-state index contributed by atoms with van der Waals surface area (Å²) in [5.74, 6) is 0.702. The molecule has 9 nitrogen and oxygen atoms in total. The molecule has 2 heterocycles. The summed E-state index contributed by atoms with van der Waals surface area (Å²) in [4.78, 5) is 19.2. The van der Waals surface area contributed by atoms with Crippen LogP contribution in [0.5, 0.6) is 5.75 Å². The fraction of sp³-hybridized carbons (Fsp3) is 0.538. The number of carbonyl (C=O) groups excluding carboxylic acids is 1. The number of amides is 2. The number of benzene rings is 1. The Hall–Kier alpha value is -2.69. The highest BCUT2D eigenvalue weighted by molar-refractivity contribution is 7.89. The van der Waals surface area contributed by atoms with Gasteiger partial charge in [-0.1, -0.05) is 0 Å². The SMILES string of the molecule is COc1cc(C)c(S(=O)(=O)N(C)C2CCN(CCNC(=O)Nc3cc(C)nc(C)c3)CC2)c(C)c1C. The lowest BCUT2D eigenvalue weighted by Crippen LogP contribution is -2.47. The summed E-state index contributed by atoms with van der Waals surface area (Å²) in [6.45, 7) is 12.1. The monoisotopic (exact) mass is 517 g/mol. The molecule has 0 unspecified atom stereocenters. The largest absolute Gasteiger partial charge is 0.496 e. The van der Waals surface area contributed by atoms with E-state index < -0.39 is 10.0 Å². The minimum absolute atomic E-state index is 0.0677. The van der Waals surface area contributed by atoms with E-state index in [4.69, 9.17) is 4.74 Å². The lowest BCUT2D eigenvalue weighted by Gasteiger charge is -2.36. The van der Waals surface area contributed by atoms with Gasteiger partial charge in [0.15, 0.2) is 0 Å². The van der Waals surface area contributed by atoms with Gasteiger partial charge >= 0.3 is 6.03 Å². The van der Waals surface area contributed by atoms with Crippen molar-refractivity contribution in [3.8, 4) is 5.75 Å². The number of methoxy groups -OCH3 is 1. The zero-order valence-corrected chi connectivity index (χ0v) is 23.3. The molecule has 0 radical (unpaired) electrons. The summed E-state index contributed by atoms with van der Waals surface area (Å²) < 4.78 is 34.1. The van der Waals surface area contributed by atoms with Crippen LogP contribution in [0.4, 0.5) is 10.5 Å². The fourth-order valence-electron chi connectivity index (χ4n) is 4.89. The number of nitrogens with zero attached hydrogens (tertiary/aromatic N) is 3. The Labute approximate surface area is 215 Å². The van der Waals surface area contributed by atoms with Crippen LogP contribution in [0.1, 0.15) is 40.9 Å². The molecule has 0 aliphatic carbocycles. The van der Waals surface area contributed by atoms with Gasteiger partial charge in [-0.15, -0.1) is 0 Å². The molecule has 1 aromatic heterocycles. The minimum atomic E-state index is -3.64. The van der Waals surface area contributed by atoms with Crippen molar-refractivity contribution in [3.63, 3.8) is 0 Å². The van der Waals surface area contributed by atoms with E-state index >= 15 is 0 Å². The molecule has 0 saturated carbocycles. The Morgan fingerprint density at radius 1 is 1.08 bits per heavy atom. The highest BCUT2D eigenvalue weighted by Crippen LogP contribution is 2.33. The van der Waals surface area contributed by atoms with Gasteiger partial charge in [0.1, 0.15) is 5.75 Å². The van der Waals surface area contributed by atoms with Crippen molar-refractivity contribution in [3.05, 3.63) is 46.3 Å². The lowest BCUT2D eigenvalue weighted by molar-refractivity contribution is 0.170. The zero-order valence-electron chi connectivity index (χ0n) is 22.4. The lowest BCUT2D eigenvalue weighted by atomic mass is 10.1. The van der Waals surface area contributed by atoms with Crippen molar-refractivity contribution >= 4 is 21.7 Å². The molecule has 10 heteroatoms. The third kappa shape index (κ3) is 6.35. The number of anilines is 1.